The van der Waals surface area contributed by atoms with E-state index < -0.39 is 9.74 Å². The van der Waals surface area contributed by atoms with E-state index in [1.165, 1.54) is 0 Å². The van der Waals surface area contributed by atoms with Gasteiger partial charge in [-0.05, 0) is 190 Å². The summed E-state index contributed by atoms with van der Waals surface area (Å²) in [6.45, 7) is 0. The molecule has 5 aromatic carbocycles. The van der Waals surface area contributed by atoms with Crippen LogP contribution in [0.1, 0.15) is 27.8 Å². The van der Waals surface area contributed by atoms with Crippen LogP contribution < -0.4 is 0 Å². The first-order chi connectivity index (χ1) is 23.5. The lowest BCUT2D eigenvalue weighted by Gasteiger charge is -2.54. The van der Waals surface area contributed by atoms with Crippen LogP contribution in [0, 0.1) is 0 Å². The minimum atomic E-state index is -1.04. The van der Waals surface area contributed by atoms with Crippen LogP contribution in [0.15, 0.2) is 143 Å². The van der Waals surface area contributed by atoms with Crippen molar-refractivity contribution in [2.75, 3.05) is 0 Å². The third-order valence-electron chi connectivity index (χ3n) is 8.31. The number of hydrogen-bond acceptors (Lipinski definition) is 0. The second-order valence-electron chi connectivity index (χ2n) is 11.0. The number of rotatable bonds is 5. The molecular formula is C36H14Br14. The molecule has 0 N–H and O–H groups in total. The van der Waals surface area contributed by atoms with Gasteiger partial charge in [0.2, 0.25) is 0 Å². The van der Waals surface area contributed by atoms with E-state index in [0.717, 1.165) is 97.1 Å². The molecule has 0 fully saturated rings. The summed E-state index contributed by atoms with van der Waals surface area (Å²) in [5, 5.41) is 0. The minimum absolute atomic E-state index is 0.883. The highest BCUT2D eigenvalue weighted by Gasteiger charge is 2.63. The summed E-state index contributed by atoms with van der Waals surface area (Å²) >= 11 is 56.1. The molecule has 5 aromatic rings. The van der Waals surface area contributed by atoms with Gasteiger partial charge in [0.25, 0.3) is 0 Å². The monoisotopic (exact) mass is 1550 g/mol. The molecule has 0 amide bonds. The van der Waals surface area contributed by atoms with Crippen LogP contribution in [0.4, 0.5) is 0 Å². The van der Waals surface area contributed by atoms with Gasteiger partial charge in [0.05, 0.1) is 5.41 Å². The third kappa shape index (κ3) is 7.20. The Hall–Kier alpha value is 2.30. The van der Waals surface area contributed by atoms with Crippen molar-refractivity contribution in [3.63, 3.8) is 0 Å². The second kappa shape index (κ2) is 16.6. The molecule has 14 heteroatoms. The Morgan fingerprint density at radius 2 is 1.04 bits per heavy atom. The number of hydrogen-bond donors (Lipinski definition) is 0. The Morgan fingerprint density at radius 1 is 0.440 bits per heavy atom. The highest BCUT2D eigenvalue weighted by molar-refractivity contribution is 9.15. The van der Waals surface area contributed by atoms with Gasteiger partial charge in [0.15, 0.2) is 0 Å². The van der Waals surface area contributed by atoms with Crippen molar-refractivity contribution in [2.45, 2.75) is 9.74 Å². The highest BCUT2D eigenvalue weighted by atomic mass is 79.9. The maximum atomic E-state index is 4.62. The van der Waals surface area contributed by atoms with E-state index in [9.17, 15) is 0 Å². The van der Waals surface area contributed by atoms with Gasteiger partial charge < -0.3 is 0 Å². The average molecular weight is 1570 g/mol. The normalized spacial score (nSPS) is 19.4. The van der Waals surface area contributed by atoms with Gasteiger partial charge in [-0.25, -0.2) is 0 Å². The summed E-state index contributed by atoms with van der Waals surface area (Å²) in [6, 6.07) is 29.5. The summed E-state index contributed by atoms with van der Waals surface area (Å²) in [5.41, 5.74) is 5.87. The van der Waals surface area contributed by atoms with E-state index in [2.05, 4.69) is 290 Å². The Morgan fingerprint density at radius 3 is 1.66 bits per heavy atom. The van der Waals surface area contributed by atoms with Crippen molar-refractivity contribution in [3.05, 3.63) is 171 Å². The Kier molecular flexibility index (Phi) is 14.0. The van der Waals surface area contributed by atoms with Crippen molar-refractivity contribution in [1.29, 1.82) is 0 Å². The topological polar surface area (TPSA) is 0 Å². The SMILES string of the molecule is BrC1=C(c2c(Br)cccc2Br)C(c2cc(Br)ccc2Br)(c2ccc(Br)c(Br)c2Br)C(Br)(c2ccc(Br)c(Br)c2)C(Br)=C1c1cc(Br)cc(Br)c1. The van der Waals surface area contributed by atoms with Gasteiger partial charge in [-0.15, -0.1) is 0 Å². The molecule has 0 bridgehead atoms. The van der Waals surface area contributed by atoms with Gasteiger partial charge in [-0.1, -0.05) is 146 Å². The molecule has 50 heavy (non-hydrogen) atoms. The van der Waals surface area contributed by atoms with E-state index >= 15 is 0 Å². The number of halogens is 14. The number of benzene rings is 5. The van der Waals surface area contributed by atoms with Gasteiger partial charge in [-0.2, -0.15) is 0 Å². The molecule has 0 nitrogen and oxygen atoms in total. The fraction of sp³-hybridized carbons (Fsp3) is 0.0556. The molecule has 2 unspecified atom stereocenters. The van der Waals surface area contributed by atoms with E-state index in [1.807, 2.05) is 18.2 Å². The van der Waals surface area contributed by atoms with Crippen molar-refractivity contribution in [3.8, 4) is 0 Å². The Labute approximate surface area is 408 Å². The lowest BCUT2D eigenvalue weighted by molar-refractivity contribution is 0.538. The van der Waals surface area contributed by atoms with Crippen LogP contribution in [-0.4, -0.2) is 0 Å². The Bertz CT molecular complexity index is 2250. The van der Waals surface area contributed by atoms with Crippen LogP contribution >= 0.6 is 223 Å². The van der Waals surface area contributed by atoms with Crippen LogP contribution in [0.25, 0.3) is 11.1 Å². The quantitative estimate of drug-likeness (QED) is 0.122. The molecule has 0 spiro atoms. The lowest BCUT2D eigenvalue weighted by Crippen LogP contribution is -2.50. The zero-order chi connectivity index (χ0) is 36.4. The summed E-state index contributed by atoms with van der Waals surface area (Å²) in [5.74, 6) is 0. The van der Waals surface area contributed by atoms with Gasteiger partial charge in [0.1, 0.15) is 4.32 Å². The molecule has 0 aromatic heterocycles. The van der Waals surface area contributed by atoms with Crippen molar-refractivity contribution >= 4 is 234 Å². The van der Waals surface area contributed by atoms with Crippen LogP contribution in [0.3, 0.4) is 0 Å². The predicted octanol–water partition coefficient (Wildman–Crippen LogP) is 19.3. The zero-order valence-corrected chi connectivity index (χ0v) is 46.6. The van der Waals surface area contributed by atoms with Crippen LogP contribution in [0.2, 0.25) is 0 Å². The first-order valence-electron chi connectivity index (χ1n) is 14.0. The molecule has 1 aliphatic carbocycles. The summed E-state index contributed by atoms with van der Waals surface area (Å²) in [7, 11) is 0. The summed E-state index contributed by atoms with van der Waals surface area (Å²) in [4.78, 5) is 0. The molecule has 1 aliphatic rings. The van der Waals surface area contributed by atoms with Crippen molar-refractivity contribution in [1.82, 2.24) is 0 Å². The van der Waals surface area contributed by atoms with Crippen LogP contribution in [-0.2, 0) is 9.74 Å². The average Bonchev–Trinajstić information content (AvgIpc) is 3.05. The standard InChI is InChI=1S/C36H14Br14/c37-17-5-8-22(40)21(14-17)35(20-6-9-26(44)32(47)31(20)46)30(29-24(42)2-1-3-25(29)43)33(48)28(15-10-18(38)13-19(39)11-15)34(49)36(35,50)16-4-7-23(41)27(45)12-16/h1-14H. The first kappa shape index (κ1) is 41.9. The number of alkyl halides is 1. The fourth-order valence-corrected chi connectivity index (χ4v) is 15.3. The van der Waals surface area contributed by atoms with Crippen molar-refractivity contribution < 1.29 is 0 Å². The van der Waals surface area contributed by atoms with Crippen LogP contribution in [0.5, 0.6) is 0 Å². The number of allylic oxidation sites excluding steroid dienone is 4. The van der Waals surface area contributed by atoms with E-state index in [0.29, 0.717) is 0 Å². The molecule has 0 heterocycles. The Balaban J connectivity index is 2.02. The molecule has 0 radical (unpaired) electrons. The van der Waals surface area contributed by atoms with Gasteiger partial charge in [0, 0.05) is 69.3 Å². The summed E-state index contributed by atoms with van der Waals surface area (Å²) < 4.78 is 10.9. The fourth-order valence-electron chi connectivity index (χ4n) is 6.32. The molecule has 0 saturated carbocycles. The van der Waals surface area contributed by atoms with Gasteiger partial charge >= 0.3 is 0 Å². The first-order valence-corrected chi connectivity index (χ1v) is 25.1. The van der Waals surface area contributed by atoms with E-state index in [-0.39, 0.29) is 0 Å². The largest absolute Gasteiger partial charge is 0.100 e. The zero-order valence-electron chi connectivity index (χ0n) is 24.4. The highest BCUT2D eigenvalue weighted by Crippen LogP contribution is 2.72. The van der Waals surface area contributed by atoms with Crippen molar-refractivity contribution in [2.24, 2.45) is 0 Å². The molecule has 256 valence electrons. The van der Waals surface area contributed by atoms with E-state index in [4.69, 9.17) is 0 Å². The smallest absolute Gasteiger partial charge is 0.0725 e. The molecule has 0 saturated heterocycles. The second-order valence-corrected chi connectivity index (χ2v) is 23.3. The maximum absolute atomic E-state index is 4.62. The molecule has 2 atom stereocenters. The van der Waals surface area contributed by atoms with Gasteiger partial charge in [-0.3, -0.25) is 0 Å². The molecular weight excluding hydrogens is 1550 g/mol. The minimum Gasteiger partial charge on any atom is -0.0725 e. The molecule has 6 rings (SSSR count). The maximum Gasteiger partial charge on any atom is 0.100 e. The molecule has 0 aliphatic heterocycles. The lowest BCUT2D eigenvalue weighted by atomic mass is 9.55. The predicted molar refractivity (Wildman–Crippen MR) is 260 cm³/mol. The van der Waals surface area contributed by atoms with E-state index in [1.54, 1.807) is 0 Å². The summed E-state index contributed by atoms with van der Waals surface area (Å²) in [6.07, 6.45) is 0. The third-order valence-corrected chi connectivity index (χ3v) is 20.7.